The predicted molar refractivity (Wildman–Crippen MR) is 63.2 cm³/mol. The molecule has 2 aromatic rings. The standard InChI is InChI=1S/C12H11F2N3O2/c1-6-4-7(17-19-6)5-16-12(18)10-8(13)2-3-9(15)11(10)14/h2-4H,5,15H2,1H3,(H,16,18). The first-order valence-corrected chi connectivity index (χ1v) is 5.43. The van der Waals surface area contributed by atoms with Crippen LogP contribution in [0.2, 0.25) is 0 Å². The minimum atomic E-state index is -1.08. The van der Waals surface area contributed by atoms with Gasteiger partial charge in [-0.2, -0.15) is 0 Å². The number of carbonyl (C=O) groups excluding carboxylic acids is 1. The number of anilines is 1. The Morgan fingerprint density at radius 3 is 2.84 bits per heavy atom. The molecule has 0 saturated carbocycles. The first-order valence-electron chi connectivity index (χ1n) is 5.43. The molecule has 0 aliphatic carbocycles. The molecule has 0 aliphatic rings. The van der Waals surface area contributed by atoms with E-state index in [1.165, 1.54) is 0 Å². The zero-order valence-electron chi connectivity index (χ0n) is 10.0. The van der Waals surface area contributed by atoms with Crippen molar-refractivity contribution in [2.45, 2.75) is 13.5 Å². The summed E-state index contributed by atoms with van der Waals surface area (Å²) >= 11 is 0. The molecule has 0 saturated heterocycles. The Labute approximate surface area is 107 Å². The first-order chi connectivity index (χ1) is 8.99. The molecule has 5 nitrogen and oxygen atoms in total. The Bertz CT molecular complexity index is 625. The number of hydrogen-bond donors (Lipinski definition) is 2. The van der Waals surface area contributed by atoms with E-state index >= 15 is 0 Å². The molecule has 0 aliphatic heterocycles. The van der Waals surface area contributed by atoms with Crippen LogP contribution in [0.25, 0.3) is 0 Å². The molecule has 0 radical (unpaired) electrons. The molecular weight excluding hydrogens is 256 g/mol. The van der Waals surface area contributed by atoms with Crippen molar-refractivity contribution in [2.75, 3.05) is 5.73 Å². The van der Waals surface area contributed by atoms with Crippen LogP contribution in [0.4, 0.5) is 14.5 Å². The molecular formula is C12H11F2N3O2. The zero-order valence-corrected chi connectivity index (χ0v) is 10.0. The smallest absolute Gasteiger partial charge is 0.257 e. The van der Waals surface area contributed by atoms with Gasteiger partial charge in [-0.1, -0.05) is 5.16 Å². The van der Waals surface area contributed by atoms with Gasteiger partial charge in [-0.05, 0) is 19.1 Å². The first kappa shape index (κ1) is 13.0. The summed E-state index contributed by atoms with van der Waals surface area (Å²) in [4.78, 5) is 11.7. The Kier molecular flexibility index (Phi) is 3.46. The molecule has 1 aromatic carbocycles. The molecule has 0 fully saturated rings. The second kappa shape index (κ2) is 5.05. The van der Waals surface area contributed by atoms with Crippen LogP contribution in [0.1, 0.15) is 21.8 Å². The van der Waals surface area contributed by atoms with Crippen LogP contribution in [-0.2, 0) is 6.54 Å². The number of benzene rings is 1. The minimum Gasteiger partial charge on any atom is -0.396 e. The fourth-order valence-corrected chi connectivity index (χ4v) is 1.54. The maximum Gasteiger partial charge on any atom is 0.257 e. The van der Waals surface area contributed by atoms with Gasteiger partial charge in [0.25, 0.3) is 5.91 Å². The number of nitrogens with one attached hydrogen (secondary N) is 1. The van der Waals surface area contributed by atoms with Crippen LogP contribution in [0.5, 0.6) is 0 Å². The van der Waals surface area contributed by atoms with Crippen LogP contribution < -0.4 is 11.1 Å². The number of halogens is 2. The van der Waals surface area contributed by atoms with Gasteiger partial charge in [-0.25, -0.2) is 8.78 Å². The molecule has 1 heterocycles. The lowest BCUT2D eigenvalue weighted by atomic mass is 10.1. The summed E-state index contributed by atoms with van der Waals surface area (Å²) < 4.78 is 31.8. The highest BCUT2D eigenvalue weighted by Gasteiger charge is 2.19. The fourth-order valence-electron chi connectivity index (χ4n) is 1.54. The minimum absolute atomic E-state index is 0.00382. The van der Waals surface area contributed by atoms with E-state index in [9.17, 15) is 13.6 Å². The largest absolute Gasteiger partial charge is 0.396 e. The lowest BCUT2D eigenvalue weighted by Gasteiger charge is -2.07. The average Bonchev–Trinajstić information content (AvgIpc) is 2.78. The third-order valence-corrected chi connectivity index (χ3v) is 2.45. The van der Waals surface area contributed by atoms with Crippen LogP contribution in [-0.4, -0.2) is 11.1 Å². The number of nitrogen functional groups attached to an aromatic ring is 1. The van der Waals surface area contributed by atoms with E-state index in [4.69, 9.17) is 10.3 Å². The third-order valence-electron chi connectivity index (χ3n) is 2.45. The molecule has 2 rings (SSSR count). The Hall–Kier alpha value is -2.44. The number of nitrogens with two attached hydrogens (primary N) is 1. The van der Waals surface area contributed by atoms with Crippen molar-refractivity contribution in [3.05, 3.63) is 46.9 Å². The maximum absolute atomic E-state index is 13.6. The van der Waals surface area contributed by atoms with E-state index in [0.29, 0.717) is 11.5 Å². The summed E-state index contributed by atoms with van der Waals surface area (Å²) in [5.41, 5.74) is 4.75. The number of aromatic nitrogens is 1. The van der Waals surface area contributed by atoms with Gasteiger partial charge in [0.2, 0.25) is 0 Å². The number of carbonyl (C=O) groups is 1. The summed E-state index contributed by atoms with van der Waals surface area (Å²) in [6, 6.07) is 3.60. The number of amides is 1. The second-order valence-electron chi connectivity index (χ2n) is 3.94. The van der Waals surface area contributed by atoms with Crippen LogP contribution >= 0.6 is 0 Å². The van der Waals surface area contributed by atoms with Gasteiger partial charge in [0.15, 0.2) is 5.82 Å². The fraction of sp³-hybridized carbons (Fsp3) is 0.167. The van der Waals surface area contributed by atoms with Crippen molar-refractivity contribution in [1.29, 1.82) is 0 Å². The normalized spacial score (nSPS) is 10.5. The number of nitrogens with zero attached hydrogens (tertiary/aromatic N) is 1. The molecule has 0 unspecified atom stereocenters. The van der Waals surface area contributed by atoms with Crippen molar-refractivity contribution in [1.82, 2.24) is 10.5 Å². The van der Waals surface area contributed by atoms with Crippen molar-refractivity contribution in [3.8, 4) is 0 Å². The number of hydrogen-bond acceptors (Lipinski definition) is 4. The van der Waals surface area contributed by atoms with Gasteiger partial charge >= 0.3 is 0 Å². The molecule has 19 heavy (non-hydrogen) atoms. The molecule has 1 aromatic heterocycles. The van der Waals surface area contributed by atoms with E-state index in [1.807, 2.05) is 0 Å². The van der Waals surface area contributed by atoms with E-state index in [0.717, 1.165) is 12.1 Å². The third kappa shape index (κ3) is 2.70. The van der Waals surface area contributed by atoms with Crippen molar-refractivity contribution in [2.24, 2.45) is 0 Å². The monoisotopic (exact) mass is 267 g/mol. The molecule has 0 spiro atoms. The van der Waals surface area contributed by atoms with Gasteiger partial charge in [0, 0.05) is 6.07 Å². The van der Waals surface area contributed by atoms with E-state index in [-0.39, 0.29) is 12.2 Å². The number of rotatable bonds is 3. The van der Waals surface area contributed by atoms with E-state index < -0.39 is 23.1 Å². The summed E-state index contributed by atoms with van der Waals surface area (Å²) in [6.07, 6.45) is 0. The summed E-state index contributed by atoms with van der Waals surface area (Å²) in [5.74, 6) is -2.37. The zero-order chi connectivity index (χ0) is 14.0. The molecule has 7 heteroatoms. The highest BCUT2D eigenvalue weighted by molar-refractivity contribution is 5.95. The van der Waals surface area contributed by atoms with Gasteiger partial charge in [-0.15, -0.1) is 0 Å². The SMILES string of the molecule is Cc1cc(CNC(=O)c2c(F)ccc(N)c2F)no1. The van der Waals surface area contributed by atoms with Crippen molar-refractivity contribution >= 4 is 11.6 Å². The highest BCUT2D eigenvalue weighted by Crippen LogP contribution is 2.18. The lowest BCUT2D eigenvalue weighted by molar-refractivity contribution is 0.0941. The van der Waals surface area contributed by atoms with Crippen LogP contribution in [0, 0.1) is 18.6 Å². The van der Waals surface area contributed by atoms with E-state index in [1.54, 1.807) is 13.0 Å². The molecule has 0 bridgehead atoms. The van der Waals surface area contributed by atoms with Crippen molar-refractivity contribution in [3.63, 3.8) is 0 Å². The van der Waals surface area contributed by atoms with Gasteiger partial charge in [0.1, 0.15) is 22.8 Å². The predicted octanol–water partition coefficient (Wildman–Crippen LogP) is 1.77. The summed E-state index contributed by atoms with van der Waals surface area (Å²) in [6.45, 7) is 1.69. The van der Waals surface area contributed by atoms with Gasteiger partial charge in [0.05, 0.1) is 12.2 Å². The summed E-state index contributed by atoms with van der Waals surface area (Å²) in [7, 11) is 0. The quantitative estimate of drug-likeness (QED) is 0.830. The topological polar surface area (TPSA) is 81.2 Å². The van der Waals surface area contributed by atoms with Gasteiger partial charge < -0.3 is 15.6 Å². The Morgan fingerprint density at radius 1 is 1.47 bits per heavy atom. The Balaban J connectivity index is 2.14. The second-order valence-corrected chi connectivity index (χ2v) is 3.94. The number of aryl methyl sites for hydroxylation is 1. The molecule has 1 amide bonds. The maximum atomic E-state index is 13.6. The van der Waals surface area contributed by atoms with Crippen LogP contribution in [0.3, 0.4) is 0 Å². The lowest BCUT2D eigenvalue weighted by Crippen LogP contribution is -2.25. The molecule has 3 N–H and O–H groups in total. The van der Waals surface area contributed by atoms with Gasteiger partial charge in [-0.3, -0.25) is 4.79 Å². The highest BCUT2D eigenvalue weighted by atomic mass is 19.1. The molecule has 0 atom stereocenters. The van der Waals surface area contributed by atoms with E-state index in [2.05, 4.69) is 10.5 Å². The van der Waals surface area contributed by atoms with Crippen LogP contribution in [0.15, 0.2) is 22.7 Å². The Morgan fingerprint density at radius 2 is 2.21 bits per heavy atom. The average molecular weight is 267 g/mol. The molecule has 100 valence electrons. The van der Waals surface area contributed by atoms with Crippen molar-refractivity contribution < 1.29 is 18.1 Å². The summed E-state index contributed by atoms with van der Waals surface area (Å²) in [5, 5.41) is 5.98.